The second-order valence-corrected chi connectivity index (χ2v) is 8.38. The van der Waals surface area contributed by atoms with Crippen LogP contribution in [0.2, 0.25) is 0 Å². The Morgan fingerprint density at radius 2 is 2.11 bits per heavy atom. The summed E-state index contributed by atoms with van der Waals surface area (Å²) in [4.78, 5) is 4.71. The van der Waals surface area contributed by atoms with Gasteiger partial charge in [0.2, 0.25) is 0 Å². The number of thiazole rings is 1. The maximum Gasteiger partial charge on any atom is 0.0944 e. The van der Waals surface area contributed by atoms with Crippen molar-refractivity contribution >= 4 is 23.1 Å². The molecule has 104 valence electrons. The van der Waals surface area contributed by atoms with Gasteiger partial charge in [-0.2, -0.15) is 11.8 Å². The van der Waals surface area contributed by atoms with Gasteiger partial charge in [0.1, 0.15) is 0 Å². The Kier molecular flexibility index (Phi) is 6.11. The van der Waals surface area contributed by atoms with Crippen molar-refractivity contribution in [3.05, 3.63) is 16.1 Å². The largest absolute Gasteiger partial charge is 0.271 e. The van der Waals surface area contributed by atoms with Crippen LogP contribution in [-0.4, -0.2) is 22.0 Å². The maximum absolute atomic E-state index is 5.61. The molecule has 0 aliphatic rings. The van der Waals surface area contributed by atoms with Gasteiger partial charge in [-0.1, -0.05) is 34.6 Å². The zero-order valence-corrected chi connectivity index (χ0v) is 13.6. The van der Waals surface area contributed by atoms with E-state index < -0.39 is 0 Å². The molecule has 1 atom stereocenters. The first-order valence-corrected chi connectivity index (χ1v) is 8.28. The molecule has 1 aromatic rings. The third-order valence-electron chi connectivity index (χ3n) is 2.61. The molecule has 0 saturated heterocycles. The SMILES string of the molecule is CC(C)SCC(Cc1nc(C(C)(C)C)cs1)NN. The summed E-state index contributed by atoms with van der Waals surface area (Å²) in [6, 6.07) is 0.302. The molecular weight excluding hydrogens is 262 g/mol. The molecule has 3 nitrogen and oxygen atoms in total. The van der Waals surface area contributed by atoms with E-state index >= 15 is 0 Å². The number of hydrogen-bond acceptors (Lipinski definition) is 5. The van der Waals surface area contributed by atoms with E-state index in [0.717, 1.165) is 12.2 Å². The van der Waals surface area contributed by atoms with Crippen LogP contribution in [0.4, 0.5) is 0 Å². The Balaban J connectivity index is 2.57. The first-order valence-electron chi connectivity index (χ1n) is 6.35. The van der Waals surface area contributed by atoms with E-state index in [1.165, 1.54) is 10.7 Å². The highest BCUT2D eigenvalue weighted by Crippen LogP contribution is 2.24. The topological polar surface area (TPSA) is 50.9 Å². The molecule has 0 amide bonds. The van der Waals surface area contributed by atoms with Crippen molar-refractivity contribution in [1.29, 1.82) is 0 Å². The lowest BCUT2D eigenvalue weighted by Crippen LogP contribution is -2.39. The van der Waals surface area contributed by atoms with Gasteiger partial charge in [-0.15, -0.1) is 11.3 Å². The predicted octanol–water partition coefficient (Wildman–Crippen LogP) is 2.96. The van der Waals surface area contributed by atoms with Crippen LogP contribution in [0.1, 0.15) is 45.3 Å². The van der Waals surface area contributed by atoms with Gasteiger partial charge in [0.05, 0.1) is 10.7 Å². The Morgan fingerprint density at radius 1 is 1.44 bits per heavy atom. The van der Waals surface area contributed by atoms with Gasteiger partial charge in [0.15, 0.2) is 0 Å². The smallest absolute Gasteiger partial charge is 0.0944 e. The molecule has 0 radical (unpaired) electrons. The van der Waals surface area contributed by atoms with Crippen LogP contribution in [0.3, 0.4) is 0 Å². The molecule has 0 aliphatic heterocycles. The number of hydrazine groups is 1. The number of thioether (sulfide) groups is 1. The van der Waals surface area contributed by atoms with Crippen LogP contribution in [0.15, 0.2) is 5.38 Å². The molecule has 5 heteroatoms. The lowest BCUT2D eigenvalue weighted by atomic mass is 9.93. The van der Waals surface area contributed by atoms with Crippen molar-refractivity contribution in [2.75, 3.05) is 5.75 Å². The van der Waals surface area contributed by atoms with Crippen LogP contribution >= 0.6 is 23.1 Å². The fourth-order valence-electron chi connectivity index (χ4n) is 1.43. The molecule has 1 heterocycles. The minimum Gasteiger partial charge on any atom is -0.271 e. The predicted molar refractivity (Wildman–Crippen MR) is 83.2 cm³/mol. The van der Waals surface area contributed by atoms with Crippen LogP contribution < -0.4 is 11.3 Å². The summed E-state index contributed by atoms with van der Waals surface area (Å²) < 4.78 is 0. The van der Waals surface area contributed by atoms with Gasteiger partial charge < -0.3 is 0 Å². The maximum atomic E-state index is 5.61. The molecule has 1 unspecified atom stereocenters. The first-order chi connectivity index (χ1) is 8.32. The number of nitrogens with zero attached hydrogens (tertiary/aromatic N) is 1. The fraction of sp³-hybridized carbons (Fsp3) is 0.769. The molecule has 0 bridgehead atoms. The zero-order valence-electron chi connectivity index (χ0n) is 12.0. The van der Waals surface area contributed by atoms with Crippen LogP contribution in [-0.2, 0) is 11.8 Å². The van der Waals surface area contributed by atoms with Crippen molar-refractivity contribution in [2.24, 2.45) is 5.84 Å². The average molecular weight is 287 g/mol. The summed E-state index contributed by atoms with van der Waals surface area (Å²) in [5.41, 5.74) is 4.21. The molecule has 0 aromatic carbocycles. The van der Waals surface area contributed by atoms with E-state index in [4.69, 9.17) is 10.8 Å². The van der Waals surface area contributed by atoms with E-state index in [-0.39, 0.29) is 5.41 Å². The van der Waals surface area contributed by atoms with Crippen LogP contribution in [0.5, 0.6) is 0 Å². The summed E-state index contributed by atoms with van der Waals surface area (Å²) in [5.74, 6) is 6.64. The van der Waals surface area contributed by atoms with Crippen molar-refractivity contribution in [2.45, 2.75) is 57.7 Å². The molecule has 1 aromatic heterocycles. The highest BCUT2D eigenvalue weighted by Gasteiger charge is 2.18. The Hall–Kier alpha value is -0.100. The third-order valence-corrected chi connectivity index (χ3v) is 4.74. The minimum absolute atomic E-state index is 0.132. The van der Waals surface area contributed by atoms with Crippen LogP contribution in [0, 0.1) is 0 Å². The van der Waals surface area contributed by atoms with Gasteiger partial charge in [-0.3, -0.25) is 11.3 Å². The molecule has 0 fully saturated rings. The highest BCUT2D eigenvalue weighted by molar-refractivity contribution is 7.99. The van der Waals surface area contributed by atoms with E-state index in [9.17, 15) is 0 Å². The van der Waals surface area contributed by atoms with E-state index in [2.05, 4.69) is 45.4 Å². The summed E-state index contributed by atoms with van der Waals surface area (Å²) in [6.45, 7) is 11.0. The number of nitrogens with one attached hydrogen (secondary N) is 1. The number of rotatable bonds is 6. The second kappa shape index (κ2) is 6.89. The summed E-state index contributed by atoms with van der Waals surface area (Å²) >= 11 is 3.67. The molecule has 1 rings (SSSR count). The second-order valence-electron chi connectivity index (χ2n) is 5.83. The zero-order chi connectivity index (χ0) is 13.8. The van der Waals surface area contributed by atoms with E-state index in [1.54, 1.807) is 11.3 Å². The standard InChI is InChI=1S/C13H25N3S2/c1-9(2)17-7-10(16-14)6-12-15-11(8-18-12)13(3,4)5/h8-10,16H,6-7,14H2,1-5H3. The van der Waals surface area contributed by atoms with Crippen molar-refractivity contribution in [3.8, 4) is 0 Å². The van der Waals surface area contributed by atoms with Crippen molar-refractivity contribution in [3.63, 3.8) is 0 Å². The first kappa shape index (κ1) is 16.0. The molecular formula is C13H25N3S2. The lowest BCUT2D eigenvalue weighted by molar-refractivity contribution is 0.555. The Morgan fingerprint density at radius 3 is 2.56 bits per heavy atom. The van der Waals surface area contributed by atoms with E-state index in [0.29, 0.717) is 11.3 Å². The minimum atomic E-state index is 0.132. The summed E-state index contributed by atoms with van der Waals surface area (Å²) in [7, 11) is 0. The molecule has 0 saturated carbocycles. The number of nitrogens with two attached hydrogens (primary N) is 1. The number of hydrogen-bond donors (Lipinski definition) is 2. The summed E-state index contributed by atoms with van der Waals surface area (Å²) in [5, 5.41) is 3.98. The fourth-order valence-corrected chi connectivity index (χ4v) is 3.37. The lowest BCUT2D eigenvalue weighted by Gasteiger charge is -2.16. The Bertz CT molecular complexity index is 355. The van der Waals surface area contributed by atoms with Gasteiger partial charge in [0.25, 0.3) is 0 Å². The molecule has 0 aliphatic carbocycles. The number of aromatic nitrogens is 1. The average Bonchev–Trinajstić information content (AvgIpc) is 2.71. The van der Waals surface area contributed by atoms with Gasteiger partial charge in [0, 0.05) is 29.0 Å². The van der Waals surface area contributed by atoms with Crippen molar-refractivity contribution in [1.82, 2.24) is 10.4 Å². The Labute approximate surface area is 119 Å². The summed E-state index contributed by atoms with van der Waals surface area (Å²) in [6.07, 6.45) is 0.914. The van der Waals surface area contributed by atoms with Crippen LogP contribution in [0.25, 0.3) is 0 Å². The monoisotopic (exact) mass is 287 g/mol. The van der Waals surface area contributed by atoms with Gasteiger partial charge in [-0.05, 0) is 5.25 Å². The molecule has 3 N–H and O–H groups in total. The van der Waals surface area contributed by atoms with Gasteiger partial charge in [-0.25, -0.2) is 4.98 Å². The van der Waals surface area contributed by atoms with Gasteiger partial charge >= 0.3 is 0 Å². The molecule has 0 spiro atoms. The quantitative estimate of drug-likeness (QED) is 0.624. The highest BCUT2D eigenvalue weighted by atomic mass is 32.2. The normalized spacial score (nSPS) is 14.2. The third kappa shape index (κ3) is 5.26. The van der Waals surface area contributed by atoms with E-state index in [1.807, 2.05) is 11.8 Å². The molecule has 18 heavy (non-hydrogen) atoms. The van der Waals surface area contributed by atoms with Crippen molar-refractivity contribution < 1.29 is 0 Å².